The van der Waals surface area contributed by atoms with Crippen LogP contribution >= 0.6 is 0 Å². The Morgan fingerprint density at radius 1 is 1.13 bits per heavy atom. The first-order chi connectivity index (χ1) is 10.8. The molecule has 5 nitrogen and oxygen atoms in total. The average Bonchev–Trinajstić information content (AvgIpc) is 2.50. The van der Waals surface area contributed by atoms with Crippen molar-refractivity contribution in [3.8, 4) is 0 Å². The number of benzene rings is 1. The summed E-state index contributed by atoms with van der Waals surface area (Å²) in [7, 11) is -3.66. The zero-order valence-corrected chi connectivity index (χ0v) is 14.9. The predicted molar refractivity (Wildman–Crippen MR) is 90.7 cm³/mol. The summed E-state index contributed by atoms with van der Waals surface area (Å²) in [5.74, 6) is 0.448. The van der Waals surface area contributed by atoms with Gasteiger partial charge in [0.1, 0.15) is 0 Å². The number of carbonyl (C=O) groups excluding carboxylic acids is 1. The van der Waals surface area contributed by atoms with Gasteiger partial charge in [-0.2, -0.15) is 0 Å². The van der Waals surface area contributed by atoms with Crippen LogP contribution in [-0.2, 0) is 14.8 Å². The molecule has 0 aromatic heterocycles. The van der Waals surface area contributed by atoms with Gasteiger partial charge in [-0.05, 0) is 68.7 Å². The Labute approximate surface area is 138 Å². The lowest BCUT2D eigenvalue weighted by Crippen LogP contribution is -2.43. The minimum Gasteiger partial charge on any atom is -0.352 e. The molecular weight excluding hydrogens is 312 g/mol. The molecular formula is C17H26N2O3S. The third-order valence-corrected chi connectivity index (χ3v) is 5.99. The Morgan fingerprint density at radius 2 is 1.78 bits per heavy atom. The quantitative estimate of drug-likeness (QED) is 0.865. The molecule has 1 aliphatic carbocycles. The van der Waals surface area contributed by atoms with E-state index in [1.807, 2.05) is 13.8 Å². The number of rotatable bonds is 5. The predicted octanol–water partition coefficient (Wildman–Crippen LogP) is 2.28. The number of hydrogen-bond acceptors (Lipinski definition) is 3. The van der Waals surface area contributed by atoms with Crippen LogP contribution in [0.4, 0.5) is 0 Å². The molecule has 2 rings (SSSR count). The van der Waals surface area contributed by atoms with Crippen LogP contribution in [0.5, 0.6) is 0 Å². The lowest BCUT2D eigenvalue weighted by atomic mass is 9.87. The SMILES string of the molecule is Cc1ccc(S(=O)(=O)NCC(=O)NC2CCC(C)CC2)cc1C. The fourth-order valence-electron chi connectivity index (χ4n) is 2.81. The topological polar surface area (TPSA) is 75.3 Å². The standard InChI is InChI=1S/C17H26N2O3S/c1-12-4-7-15(8-5-12)19-17(20)11-18-23(21,22)16-9-6-13(2)14(3)10-16/h6,9-10,12,15,18H,4-5,7-8,11H2,1-3H3,(H,19,20). The minimum absolute atomic E-state index is 0.171. The van der Waals surface area contributed by atoms with Crippen molar-refractivity contribution in [2.24, 2.45) is 5.92 Å². The molecule has 0 atom stereocenters. The van der Waals surface area contributed by atoms with Crippen LogP contribution in [0.25, 0.3) is 0 Å². The maximum atomic E-state index is 12.2. The van der Waals surface area contributed by atoms with Crippen LogP contribution in [-0.4, -0.2) is 26.9 Å². The van der Waals surface area contributed by atoms with Crippen LogP contribution in [0.1, 0.15) is 43.7 Å². The third-order valence-electron chi connectivity index (χ3n) is 4.59. The number of hydrogen-bond donors (Lipinski definition) is 2. The lowest BCUT2D eigenvalue weighted by molar-refractivity contribution is -0.120. The Bertz CT molecular complexity index is 662. The summed E-state index contributed by atoms with van der Waals surface area (Å²) in [6, 6.07) is 5.13. The van der Waals surface area contributed by atoms with Gasteiger partial charge in [-0.15, -0.1) is 0 Å². The fourth-order valence-corrected chi connectivity index (χ4v) is 3.87. The molecule has 0 bridgehead atoms. The second-order valence-corrected chi connectivity index (χ2v) is 8.36. The number of nitrogens with one attached hydrogen (secondary N) is 2. The number of carbonyl (C=O) groups is 1. The van der Waals surface area contributed by atoms with E-state index in [1.54, 1.807) is 18.2 Å². The van der Waals surface area contributed by atoms with Crippen molar-refractivity contribution in [3.63, 3.8) is 0 Å². The Kier molecular flexibility index (Phi) is 5.81. The smallest absolute Gasteiger partial charge is 0.241 e. The van der Waals surface area contributed by atoms with Crippen LogP contribution in [0.15, 0.2) is 23.1 Å². The maximum absolute atomic E-state index is 12.2. The third kappa shape index (κ3) is 5.04. The van der Waals surface area contributed by atoms with Crippen molar-refractivity contribution in [1.29, 1.82) is 0 Å². The van der Waals surface area contributed by atoms with Crippen LogP contribution in [0, 0.1) is 19.8 Å². The van der Waals surface area contributed by atoms with E-state index in [0.717, 1.165) is 36.8 Å². The second kappa shape index (κ2) is 7.45. The van der Waals surface area contributed by atoms with E-state index >= 15 is 0 Å². The summed E-state index contributed by atoms with van der Waals surface area (Å²) in [6.07, 6.45) is 4.16. The van der Waals surface area contributed by atoms with Gasteiger partial charge in [0.05, 0.1) is 11.4 Å². The van der Waals surface area contributed by atoms with E-state index < -0.39 is 10.0 Å². The minimum atomic E-state index is -3.66. The van der Waals surface area contributed by atoms with Gasteiger partial charge in [-0.3, -0.25) is 4.79 Å². The summed E-state index contributed by atoms with van der Waals surface area (Å²) >= 11 is 0. The van der Waals surface area contributed by atoms with Gasteiger partial charge in [-0.1, -0.05) is 13.0 Å². The van der Waals surface area contributed by atoms with E-state index in [-0.39, 0.29) is 23.4 Å². The fraction of sp³-hybridized carbons (Fsp3) is 0.588. The Morgan fingerprint density at radius 3 is 2.39 bits per heavy atom. The monoisotopic (exact) mass is 338 g/mol. The highest BCUT2D eigenvalue weighted by Crippen LogP contribution is 2.23. The summed E-state index contributed by atoms with van der Waals surface area (Å²) in [5, 5.41) is 2.92. The van der Waals surface area contributed by atoms with Gasteiger partial charge in [0.2, 0.25) is 15.9 Å². The van der Waals surface area contributed by atoms with Gasteiger partial charge in [0, 0.05) is 6.04 Å². The molecule has 0 aliphatic heterocycles. The van der Waals surface area contributed by atoms with Crippen molar-refractivity contribution in [1.82, 2.24) is 10.0 Å². The molecule has 0 unspecified atom stereocenters. The number of amides is 1. The van der Waals surface area contributed by atoms with E-state index in [9.17, 15) is 13.2 Å². The average molecular weight is 338 g/mol. The van der Waals surface area contributed by atoms with Crippen molar-refractivity contribution in [2.75, 3.05) is 6.54 Å². The maximum Gasteiger partial charge on any atom is 0.241 e. The number of aryl methyl sites for hydroxylation is 2. The highest BCUT2D eigenvalue weighted by Gasteiger charge is 2.21. The van der Waals surface area contributed by atoms with E-state index in [0.29, 0.717) is 5.92 Å². The van der Waals surface area contributed by atoms with Crippen molar-refractivity contribution < 1.29 is 13.2 Å². The molecule has 1 aromatic carbocycles. The summed E-state index contributed by atoms with van der Waals surface area (Å²) in [4.78, 5) is 12.1. The molecule has 2 N–H and O–H groups in total. The highest BCUT2D eigenvalue weighted by atomic mass is 32.2. The van der Waals surface area contributed by atoms with Crippen molar-refractivity contribution >= 4 is 15.9 Å². The lowest BCUT2D eigenvalue weighted by Gasteiger charge is -2.26. The zero-order valence-electron chi connectivity index (χ0n) is 14.1. The van der Waals surface area contributed by atoms with Gasteiger partial charge in [0.15, 0.2) is 0 Å². The number of sulfonamides is 1. The molecule has 1 saturated carbocycles. The molecule has 0 radical (unpaired) electrons. The van der Waals surface area contributed by atoms with Gasteiger partial charge >= 0.3 is 0 Å². The Balaban J connectivity index is 1.88. The first-order valence-corrected chi connectivity index (χ1v) is 9.62. The molecule has 0 spiro atoms. The second-order valence-electron chi connectivity index (χ2n) is 6.59. The summed E-state index contributed by atoms with van der Waals surface area (Å²) < 4.78 is 26.9. The zero-order chi connectivity index (χ0) is 17.0. The van der Waals surface area contributed by atoms with Crippen LogP contribution < -0.4 is 10.0 Å². The molecule has 1 fully saturated rings. The van der Waals surface area contributed by atoms with Gasteiger partial charge in [-0.25, -0.2) is 13.1 Å². The van der Waals surface area contributed by atoms with Crippen LogP contribution in [0.2, 0.25) is 0 Å². The molecule has 1 amide bonds. The first kappa shape index (κ1) is 17.9. The van der Waals surface area contributed by atoms with E-state index in [2.05, 4.69) is 17.0 Å². The Hall–Kier alpha value is -1.40. The first-order valence-electron chi connectivity index (χ1n) is 8.14. The van der Waals surface area contributed by atoms with Gasteiger partial charge < -0.3 is 5.32 Å². The van der Waals surface area contributed by atoms with E-state index in [1.165, 1.54) is 0 Å². The summed E-state index contributed by atoms with van der Waals surface area (Å²) in [6.45, 7) is 5.79. The largest absolute Gasteiger partial charge is 0.352 e. The normalized spacial score (nSPS) is 21.9. The van der Waals surface area contributed by atoms with Gasteiger partial charge in [0.25, 0.3) is 0 Å². The molecule has 1 aliphatic rings. The molecule has 0 heterocycles. The molecule has 6 heteroatoms. The van der Waals surface area contributed by atoms with Crippen molar-refractivity contribution in [3.05, 3.63) is 29.3 Å². The van der Waals surface area contributed by atoms with Crippen LogP contribution in [0.3, 0.4) is 0 Å². The molecule has 0 saturated heterocycles. The molecule has 128 valence electrons. The van der Waals surface area contributed by atoms with E-state index in [4.69, 9.17) is 0 Å². The highest BCUT2D eigenvalue weighted by molar-refractivity contribution is 7.89. The van der Waals surface area contributed by atoms with Crippen molar-refractivity contribution in [2.45, 2.75) is 57.4 Å². The molecule has 1 aromatic rings. The molecule has 23 heavy (non-hydrogen) atoms. The summed E-state index contributed by atoms with van der Waals surface area (Å²) in [5.41, 5.74) is 1.95.